The largest absolute Gasteiger partial charge is 0.309 e. The van der Waals surface area contributed by atoms with E-state index in [1.165, 1.54) is 0 Å². The second kappa shape index (κ2) is 12.3. The molecule has 57 heavy (non-hydrogen) atoms. The zero-order valence-electron chi connectivity index (χ0n) is 30.3. The lowest BCUT2D eigenvalue weighted by Gasteiger charge is -2.16. The van der Waals surface area contributed by atoms with Gasteiger partial charge in [-0.15, -0.1) is 0 Å². The summed E-state index contributed by atoms with van der Waals surface area (Å²) < 4.78 is 6.80. The highest BCUT2D eigenvalue weighted by molar-refractivity contribution is 6.13. The molecule has 0 saturated heterocycles. The van der Waals surface area contributed by atoms with Gasteiger partial charge in [0.15, 0.2) is 0 Å². The molecule has 0 aliphatic rings. The standard InChI is InChI=1S/C51H28N6/c52-29-32-17-21-49-43(25-32)40-11-3-7-15-47(40)55(49)36-19-20-42-39-10-2-6-14-46(39)56(51(42)28-36)37-24-34(31-54)23-35(27-37)38-9-1-5-13-45(38)57-48-16-8-4-12-41(48)44-26-33(30-53)18-22-50(44)57/h1-28H. The van der Waals surface area contributed by atoms with Gasteiger partial charge in [0.25, 0.3) is 0 Å². The zero-order valence-corrected chi connectivity index (χ0v) is 30.3. The summed E-state index contributed by atoms with van der Waals surface area (Å²) in [7, 11) is 0. The minimum atomic E-state index is 0.552. The summed E-state index contributed by atoms with van der Waals surface area (Å²) in [5, 5.41) is 36.4. The van der Waals surface area contributed by atoms with Crippen LogP contribution in [-0.2, 0) is 0 Å². The quantitative estimate of drug-likeness (QED) is 0.181. The number of aromatic nitrogens is 3. The molecule has 11 aromatic rings. The average molecular weight is 725 g/mol. The van der Waals surface area contributed by atoms with Crippen LogP contribution >= 0.6 is 0 Å². The van der Waals surface area contributed by atoms with E-state index in [4.69, 9.17) is 0 Å². The van der Waals surface area contributed by atoms with Gasteiger partial charge in [-0.3, -0.25) is 0 Å². The van der Waals surface area contributed by atoms with E-state index in [9.17, 15) is 15.8 Å². The molecule has 3 heterocycles. The fourth-order valence-electron chi connectivity index (χ4n) is 8.87. The van der Waals surface area contributed by atoms with Crippen molar-refractivity contribution in [3.8, 4) is 46.4 Å². The molecule has 0 unspecified atom stereocenters. The van der Waals surface area contributed by atoms with Crippen LogP contribution in [0.5, 0.6) is 0 Å². The van der Waals surface area contributed by atoms with Crippen LogP contribution in [0.2, 0.25) is 0 Å². The first-order valence-corrected chi connectivity index (χ1v) is 18.7. The molecule has 6 nitrogen and oxygen atoms in total. The summed E-state index contributed by atoms with van der Waals surface area (Å²) in [5.74, 6) is 0. The highest BCUT2D eigenvalue weighted by Gasteiger charge is 2.20. The number of hydrogen-bond acceptors (Lipinski definition) is 3. The predicted octanol–water partition coefficient (Wildman–Crippen LogP) is 12.3. The maximum absolute atomic E-state index is 10.5. The number of rotatable bonds is 4. The van der Waals surface area contributed by atoms with Crippen molar-refractivity contribution in [3.05, 3.63) is 187 Å². The topological polar surface area (TPSA) is 86.2 Å². The molecule has 11 rings (SSSR count). The molecule has 0 radical (unpaired) electrons. The molecule has 3 aromatic heterocycles. The summed E-state index contributed by atoms with van der Waals surface area (Å²) in [6.45, 7) is 0. The number of nitrogens with zero attached hydrogens (tertiary/aromatic N) is 6. The Balaban J connectivity index is 1.16. The molecule has 0 aliphatic heterocycles. The van der Waals surface area contributed by atoms with E-state index in [2.05, 4.69) is 117 Å². The second-order valence-corrected chi connectivity index (χ2v) is 14.3. The van der Waals surface area contributed by atoms with Crippen molar-refractivity contribution < 1.29 is 0 Å². The average Bonchev–Trinajstić information content (AvgIpc) is 3.91. The minimum absolute atomic E-state index is 0.552. The Bertz CT molecular complexity index is 3630. The molecule has 0 atom stereocenters. The molecule has 0 spiro atoms. The van der Waals surface area contributed by atoms with Crippen LogP contribution in [0, 0.1) is 34.0 Å². The third kappa shape index (κ3) is 4.74. The van der Waals surface area contributed by atoms with Gasteiger partial charge in [-0.1, -0.05) is 78.9 Å². The van der Waals surface area contributed by atoms with Crippen LogP contribution < -0.4 is 0 Å². The third-order valence-corrected chi connectivity index (χ3v) is 11.3. The molecule has 0 fully saturated rings. The highest BCUT2D eigenvalue weighted by Crippen LogP contribution is 2.40. The van der Waals surface area contributed by atoms with E-state index in [1.54, 1.807) is 0 Å². The number of hydrogen-bond donors (Lipinski definition) is 0. The Kier molecular flexibility index (Phi) is 6.95. The van der Waals surface area contributed by atoms with Gasteiger partial charge in [0.1, 0.15) is 0 Å². The van der Waals surface area contributed by atoms with Crippen LogP contribution in [0.15, 0.2) is 170 Å². The summed E-state index contributed by atoms with van der Waals surface area (Å²) in [5.41, 5.74) is 12.7. The lowest BCUT2D eigenvalue weighted by atomic mass is 10.00. The molecule has 0 amide bonds. The van der Waals surface area contributed by atoms with Gasteiger partial charge in [-0.05, 0) is 96.6 Å². The van der Waals surface area contributed by atoms with Crippen molar-refractivity contribution in [1.82, 2.24) is 13.7 Å². The van der Waals surface area contributed by atoms with E-state index < -0.39 is 0 Å². The second-order valence-electron chi connectivity index (χ2n) is 14.3. The van der Waals surface area contributed by atoms with Crippen LogP contribution in [0.25, 0.3) is 93.6 Å². The Morgan fingerprint density at radius 3 is 1.44 bits per heavy atom. The van der Waals surface area contributed by atoms with Gasteiger partial charge in [0, 0.05) is 49.3 Å². The Labute approximate surface area is 326 Å². The van der Waals surface area contributed by atoms with Gasteiger partial charge < -0.3 is 13.7 Å². The van der Waals surface area contributed by atoms with Crippen LogP contribution in [0.1, 0.15) is 16.7 Å². The Morgan fingerprint density at radius 2 is 0.807 bits per heavy atom. The molecule has 6 heteroatoms. The summed E-state index contributed by atoms with van der Waals surface area (Å²) >= 11 is 0. The van der Waals surface area contributed by atoms with Crippen LogP contribution in [0.3, 0.4) is 0 Å². The molecule has 8 aromatic carbocycles. The van der Waals surface area contributed by atoms with Gasteiger partial charge in [0.05, 0.1) is 73.7 Å². The molecular formula is C51H28N6. The lowest BCUT2D eigenvalue weighted by molar-refractivity contribution is 1.15. The molecule has 0 aliphatic carbocycles. The maximum Gasteiger partial charge on any atom is 0.0992 e. The van der Waals surface area contributed by atoms with Crippen LogP contribution in [0.4, 0.5) is 0 Å². The predicted molar refractivity (Wildman–Crippen MR) is 229 cm³/mol. The molecule has 0 saturated carbocycles. The van der Waals surface area contributed by atoms with E-state index in [0.29, 0.717) is 16.7 Å². The third-order valence-electron chi connectivity index (χ3n) is 11.3. The molecule has 0 N–H and O–H groups in total. The summed E-state index contributed by atoms with van der Waals surface area (Å²) in [4.78, 5) is 0. The van der Waals surface area contributed by atoms with E-state index >= 15 is 0 Å². The molecular weight excluding hydrogens is 697 g/mol. The smallest absolute Gasteiger partial charge is 0.0992 e. The van der Waals surface area contributed by atoms with E-state index in [0.717, 1.165) is 93.6 Å². The van der Waals surface area contributed by atoms with Crippen molar-refractivity contribution in [1.29, 1.82) is 15.8 Å². The molecule has 0 bridgehead atoms. The first kappa shape index (κ1) is 32.1. The van der Waals surface area contributed by atoms with Crippen molar-refractivity contribution in [3.63, 3.8) is 0 Å². The number of para-hydroxylation sites is 4. The van der Waals surface area contributed by atoms with Gasteiger partial charge in [-0.2, -0.15) is 15.8 Å². The molecule has 262 valence electrons. The van der Waals surface area contributed by atoms with Crippen molar-refractivity contribution in [2.75, 3.05) is 0 Å². The maximum atomic E-state index is 10.5. The first-order valence-electron chi connectivity index (χ1n) is 18.7. The monoisotopic (exact) mass is 724 g/mol. The number of fused-ring (bicyclic) bond motifs is 9. The summed E-state index contributed by atoms with van der Waals surface area (Å²) in [6, 6.07) is 64.9. The number of benzene rings is 8. The van der Waals surface area contributed by atoms with Gasteiger partial charge >= 0.3 is 0 Å². The first-order chi connectivity index (χ1) is 28.1. The van der Waals surface area contributed by atoms with E-state index in [-0.39, 0.29) is 0 Å². The highest BCUT2D eigenvalue weighted by atomic mass is 15.0. The zero-order chi connectivity index (χ0) is 38.2. The fourth-order valence-corrected chi connectivity index (χ4v) is 8.87. The van der Waals surface area contributed by atoms with Gasteiger partial charge in [0.2, 0.25) is 0 Å². The Hall–Kier alpha value is -8.37. The normalized spacial score (nSPS) is 11.5. The van der Waals surface area contributed by atoms with Crippen molar-refractivity contribution in [2.45, 2.75) is 0 Å². The van der Waals surface area contributed by atoms with E-state index in [1.807, 2.05) is 84.9 Å². The Morgan fingerprint density at radius 1 is 0.316 bits per heavy atom. The van der Waals surface area contributed by atoms with Crippen molar-refractivity contribution >= 4 is 65.4 Å². The SMILES string of the molecule is N#Cc1cc(-c2ccccc2-n2c3ccccc3c3cc(C#N)ccc32)cc(-n2c3ccccc3c3ccc(-n4c5ccccc5c5cc(C#N)ccc54)cc32)c1. The fraction of sp³-hybridized carbons (Fsp3) is 0. The summed E-state index contributed by atoms with van der Waals surface area (Å²) in [6.07, 6.45) is 0. The minimum Gasteiger partial charge on any atom is -0.309 e. The number of nitriles is 3. The van der Waals surface area contributed by atoms with Crippen molar-refractivity contribution in [2.24, 2.45) is 0 Å². The lowest BCUT2D eigenvalue weighted by Crippen LogP contribution is -2.00. The van der Waals surface area contributed by atoms with Gasteiger partial charge in [-0.25, -0.2) is 0 Å². The van der Waals surface area contributed by atoms with Crippen LogP contribution in [-0.4, -0.2) is 13.7 Å².